The summed E-state index contributed by atoms with van der Waals surface area (Å²) in [5.74, 6) is -1.20. The van der Waals surface area contributed by atoms with Crippen molar-refractivity contribution in [3.8, 4) is 0 Å². The molecule has 1 rings (SSSR count). The second-order valence-electron chi connectivity index (χ2n) is 1.99. The SMILES string of the molecule is C=Cc1c(F)cc(F)cc1Br. The Hall–Kier alpha value is -0.700. The predicted octanol–water partition coefficient (Wildman–Crippen LogP) is 3.37. The number of hydrogen-bond acceptors (Lipinski definition) is 0. The summed E-state index contributed by atoms with van der Waals surface area (Å²) in [4.78, 5) is 0. The van der Waals surface area contributed by atoms with E-state index in [0.29, 0.717) is 4.47 Å². The van der Waals surface area contributed by atoms with E-state index in [1.165, 1.54) is 12.1 Å². The van der Waals surface area contributed by atoms with Crippen LogP contribution >= 0.6 is 15.9 Å². The molecule has 0 radical (unpaired) electrons. The average molecular weight is 219 g/mol. The lowest BCUT2D eigenvalue weighted by Crippen LogP contribution is -1.85. The van der Waals surface area contributed by atoms with Gasteiger partial charge in [0.25, 0.3) is 0 Å². The highest BCUT2D eigenvalue weighted by atomic mass is 79.9. The van der Waals surface area contributed by atoms with Crippen LogP contribution in [0.2, 0.25) is 0 Å². The molecule has 0 saturated heterocycles. The minimum atomic E-state index is -0.605. The fraction of sp³-hybridized carbons (Fsp3) is 0. The molecule has 0 saturated carbocycles. The van der Waals surface area contributed by atoms with Crippen LogP contribution < -0.4 is 0 Å². The Labute approximate surface area is 71.7 Å². The predicted molar refractivity (Wildman–Crippen MR) is 44.1 cm³/mol. The maximum atomic E-state index is 12.8. The van der Waals surface area contributed by atoms with Crippen molar-refractivity contribution in [3.05, 3.63) is 40.4 Å². The fourth-order valence-corrected chi connectivity index (χ4v) is 1.32. The van der Waals surface area contributed by atoms with Gasteiger partial charge in [-0.25, -0.2) is 8.78 Å². The summed E-state index contributed by atoms with van der Waals surface area (Å²) in [6.45, 7) is 3.39. The van der Waals surface area contributed by atoms with Crippen molar-refractivity contribution in [2.24, 2.45) is 0 Å². The van der Waals surface area contributed by atoms with Crippen LogP contribution in [0, 0.1) is 11.6 Å². The summed E-state index contributed by atoms with van der Waals surface area (Å²) in [5.41, 5.74) is 0.284. The monoisotopic (exact) mass is 218 g/mol. The smallest absolute Gasteiger partial charge is 0.134 e. The average Bonchev–Trinajstić information content (AvgIpc) is 1.85. The third kappa shape index (κ3) is 1.66. The Kier molecular flexibility index (Phi) is 2.39. The summed E-state index contributed by atoms with van der Waals surface area (Å²) < 4.78 is 25.6. The lowest BCUT2D eigenvalue weighted by atomic mass is 10.2. The molecule has 1 aromatic rings. The highest BCUT2D eigenvalue weighted by molar-refractivity contribution is 9.10. The number of benzene rings is 1. The quantitative estimate of drug-likeness (QED) is 0.679. The number of hydrogen-bond donors (Lipinski definition) is 0. The molecule has 3 heteroatoms. The van der Waals surface area contributed by atoms with E-state index in [4.69, 9.17) is 0 Å². The largest absolute Gasteiger partial charge is 0.207 e. The molecule has 1 aromatic carbocycles. The summed E-state index contributed by atoms with van der Waals surface area (Å²) in [6.07, 6.45) is 1.33. The Bertz CT molecular complexity index is 271. The van der Waals surface area contributed by atoms with Crippen molar-refractivity contribution >= 4 is 22.0 Å². The van der Waals surface area contributed by atoms with E-state index in [2.05, 4.69) is 22.5 Å². The Morgan fingerprint density at radius 2 is 2.00 bits per heavy atom. The first kappa shape index (κ1) is 8.40. The molecule has 0 aromatic heterocycles. The molecular weight excluding hydrogens is 214 g/mol. The van der Waals surface area contributed by atoms with Gasteiger partial charge in [0.05, 0.1) is 0 Å². The van der Waals surface area contributed by atoms with Gasteiger partial charge in [-0.1, -0.05) is 12.7 Å². The van der Waals surface area contributed by atoms with E-state index in [1.807, 2.05) is 0 Å². The van der Waals surface area contributed by atoms with Crippen molar-refractivity contribution in [3.63, 3.8) is 0 Å². The van der Waals surface area contributed by atoms with Gasteiger partial charge in [0, 0.05) is 16.1 Å². The highest BCUT2D eigenvalue weighted by Crippen LogP contribution is 2.22. The van der Waals surface area contributed by atoms with Crippen LogP contribution in [0.1, 0.15) is 5.56 Å². The van der Waals surface area contributed by atoms with Gasteiger partial charge < -0.3 is 0 Å². The second-order valence-corrected chi connectivity index (χ2v) is 2.84. The standard InChI is InChI=1S/C8H5BrF2/c1-2-6-7(9)3-5(10)4-8(6)11/h2-4H,1H2. The molecule has 0 nitrogen and oxygen atoms in total. The maximum absolute atomic E-state index is 12.8. The Morgan fingerprint density at radius 1 is 1.36 bits per heavy atom. The van der Waals surface area contributed by atoms with Gasteiger partial charge in [0.2, 0.25) is 0 Å². The zero-order valence-electron chi connectivity index (χ0n) is 5.57. The van der Waals surface area contributed by atoms with Crippen LogP contribution in [-0.4, -0.2) is 0 Å². The van der Waals surface area contributed by atoms with Crippen molar-refractivity contribution in [2.75, 3.05) is 0 Å². The van der Waals surface area contributed by atoms with Crippen LogP contribution in [0.3, 0.4) is 0 Å². The first-order valence-electron chi connectivity index (χ1n) is 2.92. The van der Waals surface area contributed by atoms with Gasteiger partial charge in [-0.15, -0.1) is 0 Å². The van der Waals surface area contributed by atoms with Crippen LogP contribution in [0.15, 0.2) is 23.2 Å². The Balaban J connectivity index is 3.36. The third-order valence-corrected chi connectivity index (χ3v) is 1.90. The van der Waals surface area contributed by atoms with Gasteiger partial charge in [-0.2, -0.15) is 0 Å². The van der Waals surface area contributed by atoms with Crippen LogP contribution in [0.25, 0.3) is 6.08 Å². The van der Waals surface area contributed by atoms with E-state index in [9.17, 15) is 8.78 Å². The zero-order chi connectivity index (χ0) is 8.43. The van der Waals surface area contributed by atoms with Crippen LogP contribution in [-0.2, 0) is 0 Å². The molecule has 0 amide bonds. The van der Waals surface area contributed by atoms with Crippen LogP contribution in [0.5, 0.6) is 0 Å². The molecule has 0 spiro atoms. The summed E-state index contributed by atoms with van der Waals surface area (Å²) in [5, 5.41) is 0. The van der Waals surface area contributed by atoms with Crippen molar-refractivity contribution < 1.29 is 8.78 Å². The lowest BCUT2D eigenvalue weighted by molar-refractivity contribution is 0.580. The first-order chi connectivity index (χ1) is 5.15. The van der Waals surface area contributed by atoms with Gasteiger partial charge >= 0.3 is 0 Å². The van der Waals surface area contributed by atoms with Crippen molar-refractivity contribution in [2.45, 2.75) is 0 Å². The molecule has 0 atom stereocenters. The fourth-order valence-electron chi connectivity index (χ4n) is 0.748. The second kappa shape index (κ2) is 3.13. The normalized spacial score (nSPS) is 9.73. The molecule has 58 valence electrons. The third-order valence-electron chi connectivity index (χ3n) is 1.25. The van der Waals surface area contributed by atoms with E-state index >= 15 is 0 Å². The van der Waals surface area contributed by atoms with E-state index in [0.717, 1.165) is 6.07 Å². The number of halogens is 3. The molecular formula is C8H5BrF2. The number of rotatable bonds is 1. The van der Waals surface area contributed by atoms with Crippen molar-refractivity contribution in [1.82, 2.24) is 0 Å². The highest BCUT2D eigenvalue weighted by Gasteiger charge is 2.04. The first-order valence-corrected chi connectivity index (χ1v) is 3.71. The van der Waals surface area contributed by atoms with Gasteiger partial charge in [0.1, 0.15) is 11.6 Å². The van der Waals surface area contributed by atoms with E-state index < -0.39 is 11.6 Å². The van der Waals surface area contributed by atoms with Gasteiger partial charge in [-0.3, -0.25) is 0 Å². The van der Waals surface area contributed by atoms with E-state index in [1.54, 1.807) is 0 Å². The summed E-state index contributed by atoms with van der Waals surface area (Å²) in [6, 6.07) is 2.02. The van der Waals surface area contributed by atoms with Crippen molar-refractivity contribution in [1.29, 1.82) is 0 Å². The molecule has 0 aliphatic carbocycles. The summed E-state index contributed by atoms with van der Waals surface area (Å²) >= 11 is 3.01. The molecule has 0 aliphatic heterocycles. The molecule has 0 heterocycles. The lowest BCUT2D eigenvalue weighted by Gasteiger charge is -1.99. The minimum absolute atomic E-state index is 0.284. The van der Waals surface area contributed by atoms with Gasteiger partial charge in [0.15, 0.2) is 0 Å². The zero-order valence-corrected chi connectivity index (χ0v) is 7.16. The van der Waals surface area contributed by atoms with Gasteiger partial charge in [-0.05, 0) is 22.0 Å². The minimum Gasteiger partial charge on any atom is -0.207 e. The molecule has 0 fully saturated rings. The summed E-state index contributed by atoms with van der Waals surface area (Å²) in [7, 11) is 0. The molecule has 11 heavy (non-hydrogen) atoms. The van der Waals surface area contributed by atoms with E-state index in [-0.39, 0.29) is 5.56 Å². The Morgan fingerprint density at radius 3 is 2.45 bits per heavy atom. The molecule has 0 N–H and O–H groups in total. The topological polar surface area (TPSA) is 0 Å². The molecule has 0 aliphatic rings. The van der Waals surface area contributed by atoms with Crippen LogP contribution in [0.4, 0.5) is 8.78 Å². The maximum Gasteiger partial charge on any atom is 0.134 e. The molecule has 0 bridgehead atoms. The molecule has 0 unspecified atom stereocenters.